The number of sulfonamides is 1. The number of methoxy groups -OCH3 is 1. The molecule has 0 N–H and O–H groups in total. The largest absolute Gasteiger partial charge is 0.493 e. The SMILES string of the molecule is CCOc1c(C)cc(S(=O)(=O)N(CCOC)Cc2ccncc2)cc1C. The van der Waals surface area contributed by atoms with E-state index in [0.717, 1.165) is 22.4 Å². The summed E-state index contributed by atoms with van der Waals surface area (Å²) in [6.07, 6.45) is 3.31. The van der Waals surface area contributed by atoms with Gasteiger partial charge in [-0.25, -0.2) is 8.42 Å². The molecule has 6 nitrogen and oxygen atoms in total. The lowest BCUT2D eigenvalue weighted by Gasteiger charge is -2.23. The summed E-state index contributed by atoms with van der Waals surface area (Å²) in [5.74, 6) is 0.740. The predicted molar refractivity (Wildman–Crippen MR) is 101 cm³/mol. The van der Waals surface area contributed by atoms with E-state index in [1.54, 1.807) is 31.6 Å². The second kappa shape index (κ2) is 9.12. The van der Waals surface area contributed by atoms with Gasteiger partial charge in [-0.2, -0.15) is 4.31 Å². The van der Waals surface area contributed by atoms with Gasteiger partial charge in [0.25, 0.3) is 0 Å². The van der Waals surface area contributed by atoms with E-state index in [9.17, 15) is 8.42 Å². The molecule has 0 saturated carbocycles. The average molecular weight is 378 g/mol. The molecule has 0 fully saturated rings. The number of aromatic nitrogens is 1. The van der Waals surface area contributed by atoms with Crippen LogP contribution in [-0.4, -0.2) is 44.6 Å². The molecule has 0 aliphatic rings. The molecule has 0 bridgehead atoms. The second-order valence-corrected chi connectivity index (χ2v) is 7.94. The first-order valence-electron chi connectivity index (χ1n) is 8.52. The maximum absolute atomic E-state index is 13.2. The third kappa shape index (κ3) is 4.81. The fraction of sp³-hybridized carbons (Fsp3) is 0.421. The van der Waals surface area contributed by atoms with Gasteiger partial charge >= 0.3 is 0 Å². The maximum Gasteiger partial charge on any atom is 0.243 e. The van der Waals surface area contributed by atoms with Crippen LogP contribution < -0.4 is 4.74 Å². The number of pyridine rings is 1. The van der Waals surface area contributed by atoms with Crippen LogP contribution in [0.15, 0.2) is 41.6 Å². The van der Waals surface area contributed by atoms with Crippen molar-refractivity contribution in [1.29, 1.82) is 0 Å². The van der Waals surface area contributed by atoms with Gasteiger partial charge in [-0.3, -0.25) is 4.98 Å². The summed E-state index contributed by atoms with van der Waals surface area (Å²) < 4.78 is 38.6. The molecule has 2 rings (SSSR count). The van der Waals surface area contributed by atoms with Crippen molar-refractivity contribution in [2.45, 2.75) is 32.2 Å². The van der Waals surface area contributed by atoms with E-state index >= 15 is 0 Å². The van der Waals surface area contributed by atoms with Crippen LogP contribution in [0.3, 0.4) is 0 Å². The molecule has 1 aromatic carbocycles. The van der Waals surface area contributed by atoms with E-state index < -0.39 is 10.0 Å². The first-order valence-corrected chi connectivity index (χ1v) is 9.96. The first kappa shape index (κ1) is 20.4. The van der Waals surface area contributed by atoms with Gasteiger partial charge < -0.3 is 9.47 Å². The normalized spacial score (nSPS) is 11.7. The quantitative estimate of drug-likeness (QED) is 0.671. The Morgan fingerprint density at radius 3 is 2.27 bits per heavy atom. The molecular weight excluding hydrogens is 352 g/mol. The summed E-state index contributed by atoms with van der Waals surface area (Å²) in [6, 6.07) is 6.95. The molecule has 7 heteroatoms. The Labute approximate surface area is 155 Å². The van der Waals surface area contributed by atoms with E-state index in [-0.39, 0.29) is 18.0 Å². The fourth-order valence-corrected chi connectivity index (χ4v) is 4.33. The molecule has 0 spiro atoms. The van der Waals surface area contributed by atoms with Crippen molar-refractivity contribution >= 4 is 10.0 Å². The third-order valence-corrected chi connectivity index (χ3v) is 5.84. The number of benzene rings is 1. The van der Waals surface area contributed by atoms with Gasteiger partial charge in [0.05, 0.1) is 18.1 Å². The molecule has 1 heterocycles. The molecular formula is C19H26N2O4S. The van der Waals surface area contributed by atoms with Crippen molar-refractivity contribution in [2.24, 2.45) is 0 Å². The zero-order chi connectivity index (χ0) is 19.2. The van der Waals surface area contributed by atoms with Crippen LogP contribution in [0.5, 0.6) is 5.75 Å². The Hall–Kier alpha value is -1.96. The lowest BCUT2D eigenvalue weighted by molar-refractivity contribution is 0.177. The summed E-state index contributed by atoms with van der Waals surface area (Å²) in [7, 11) is -2.11. The van der Waals surface area contributed by atoms with E-state index in [2.05, 4.69) is 4.98 Å². The molecule has 26 heavy (non-hydrogen) atoms. The molecule has 0 amide bonds. The molecule has 0 aliphatic heterocycles. The van der Waals surface area contributed by atoms with Gasteiger partial charge in [-0.1, -0.05) is 0 Å². The third-order valence-electron chi connectivity index (χ3n) is 4.01. The maximum atomic E-state index is 13.2. The highest BCUT2D eigenvalue weighted by atomic mass is 32.2. The van der Waals surface area contributed by atoms with Gasteiger partial charge in [-0.15, -0.1) is 0 Å². The van der Waals surface area contributed by atoms with Crippen molar-refractivity contribution in [2.75, 3.05) is 26.9 Å². The molecule has 0 atom stereocenters. The van der Waals surface area contributed by atoms with E-state index in [1.807, 2.05) is 32.9 Å². The summed E-state index contributed by atoms with van der Waals surface area (Å²) in [4.78, 5) is 4.24. The Kier molecular flexibility index (Phi) is 7.14. The number of hydrogen-bond acceptors (Lipinski definition) is 5. The summed E-state index contributed by atoms with van der Waals surface area (Å²) >= 11 is 0. The minimum absolute atomic E-state index is 0.263. The highest BCUT2D eigenvalue weighted by Gasteiger charge is 2.26. The molecule has 142 valence electrons. The number of hydrogen-bond donors (Lipinski definition) is 0. The van der Waals surface area contributed by atoms with Crippen molar-refractivity contribution < 1.29 is 17.9 Å². The number of rotatable bonds is 9. The smallest absolute Gasteiger partial charge is 0.243 e. The van der Waals surface area contributed by atoms with Crippen molar-refractivity contribution in [3.63, 3.8) is 0 Å². The monoisotopic (exact) mass is 378 g/mol. The summed E-state index contributed by atoms with van der Waals surface area (Å²) in [5, 5.41) is 0. The van der Waals surface area contributed by atoms with E-state index in [1.165, 1.54) is 4.31 Å². The van der Waals surface area contributed by atoms with E-state index in [0.29, 0.717) is 13.2 Å². The Balaban J connectivity index is 2.39. The second-order valence-electron chi connectivity index (χ2n) is 6.01. The van der Waals surface area contributed by atoms with E-state index in [4.69, 9.17) is 9.47 Å². The van der Waals surface area contributed by atoms with Crippen LogP contribution in [0.25, 0.3) is 0 Å². The Morgan fingerprint density at radius 1 is 1.12 bits per heavy atom. The molecule has 0 radical (unpaired) electrons. The van der Waals surface area contributed by atoms with Gasteiger partial charge in [0.2, 0.25) is 10.0 Å². The summed E-state index contributed by atoms with van der Waals surface area (Å²) in [5.41, 5.74) is 2.49. The highest BCUT2D eigenvalue weighted by Crippen LogP contribution is 2.29. The standard InChI is InChI=1S/C19H26N2O4S/c1-5-25-19-15(2)12-18(13-16(19)3)26(22,23)21(10-11-24-4)14-17-6-8-20-9-7-17/h6-9,12-13H,5,10-11,14H2,1-4H3. The van der Waals surface area contributed by atoms with Gasteiger partial charge in [0.15, 0.2) is 0 Å². The van der Waals surface area contributed by atoms with Gasteiger partial charge in [0.1, 0.15) is 5.75 Å². The Morgan fingerprint density at radius 2 is 1.73 bits per heavy atom. The molecule has 1 aromatic heterocycles. The molecule has 2 aromatic rings. The first-order chi connectivity index (χ1) is 12.4. The van der Waals surface area contributed by atoms with Crippen LogP contribution in [0.4, 0.5) is 0 Å². The number of nitrogens with zero attached hydrogens (tertiary/aromatic N) is 2. The average Bonchev–Trinajstić information content (AvgIpc) is 2.62. The molecule has 0 unspecified atom stereocenters. The lowest BCUT2D eigenvalue weighted by atomic mass is 10.1. The van der Waals surface area contributed by atoms with Crippen LogP contribution in [0.2, 0.25) is 0 Å². The van der Waals surface area contributed by atoms with Crippen LogP contribution in [-0.2, 0) is 21.3 Å². The molecule has 0 aliphatic carbocycles. The number of ether oxygens (including phenoxy) is 2. The predicted octanol–water partition coefficient (Wildman–Crippen LogP) is 2.93. The fourth-order valence-electron chi connectivity index (χ4n) is 2.75. The zero-order valence-electron chi connectivity index (χ0n) is 15.7. The van der Waals surface area contributed by atoms with Crippen LogP contribution in [0, 0.1) is 13.8 Å². The lowest BCUT2D eigenvalue weighted by Crippen LogP contribution is -2.33. The van der Waals surface area contributed by atoms with Crippen molar-refractivity contribution in [3.8, 4) is 5.75 Å². The van der Waals surface area contributed by atoms with Crippen molar-refractivity contribution in [3.05, 3.63) is 53.3 Å². The summed E-state index contributed by atoms with van der Waals surface area (Å²) in [6.45, 7) is 7.02. The van der Waals surface area contributed by atoms with Crippen LogP contribution >= 0.6 is 0 Å². The zero-order valence-corrected chi connectivity index (χ0v) is 16.5. The number of aryl methyl sites for hydroxylation is 2. The highest BCUT2D eigenvalue weighted by molar-refractivity contribution is 7.89. The minimum Gasteiger partial charge on any atom is -0.493 e. The van der Waals surface area contributed by atoms with Crippen molar-refractivity contribution in [1.82, 2.24) is 9.29 Å². The van der Waals surface area contributed by atoms with Gasteiger partial charge in [0, 0.05) is 32.6 Å². The molecule has 0 saturated heterocycles. The van der Waals surface area contributed by atoms with Gasteiger partial charge in [-0.05, 0) is 61.7 Å². The topological polar surface area (TPSA) is 68.7 Å². The van der Waals surface area contributed by atoms with Crippen LogP contribution in [0.1, 0.15) is 23.6 Å². The Bertz CT molecular complexity index is 800. The minimum atomic E-state index is -3.67.